The Balaban J connectivity index is 1.80. The van der Waals surface area contributed by atoms with Crippen molar-refractivity contribution in [1.82, 2.24) is 4.90 Å². The number of aryl methyl sites for hydroxylation is 1. The molecule has 106 valence electrons. The molecule has 2 aliphatic carbocycles. The maximum Gasteiger partial charge on any atom is 0.209 e. The highest BCUT2D eigenvalue weighted by atomic mass is 16.1. The summed E-state index contributed by atoms with van der Waals surface area (Å²) in [5.41, 5.74) is 4.48. The number of amides is 1. The first-order chi connectivity index (χ1) is 9.78. The summed E-state index contributed by atoms with van der Waals surface area (Å²) in [4.78, 5) is 13.5. The molecule has 0 aromatic heterocycles. The number of hydrogen-bond donors (Lipinski definition) is 0. The lowest BCUT2D eigenvalue weighted by molar-refractivity contribution is -0.126. The molecule has 0 spiro atoms. The van der Waals surface area contributed by atoms with Crippen LogP contribution in [-0.2, 0) is 11.2 Å². The third-order valence-corrected chi connectivity index (χ3v) is 5.99. The highest BCUT2D eigenvalue weighted by Gasteiger charge is 2.47. The summed E-state index contributed by atoms with van der Waals surface area (Å²) < 4.78 is 0. The van der Waals surface area contributed by atoms with E-state index < -0.39 is 0 Å². The van der Waals surface area contributed by atoms with Gasteiger partial charge in [0.1, 0.15) is 0 Å². The van der Waals surface area contributed by atoms with Crippen molar-refractivity contribution in [3.63, 3.8) is 0 Å². The van der Waals surface area contributed by atoms with Crippen LogP contribution in [0.3, 0.4) is 0 Å². The normalized spacial score (nSPS) is 35.1. The summed E-state index contributed by atoms with van der Waals surface area (Å²) in [7, 11) is 0. The van der Waals surface area contributed by atoms with E-state index in [4.69, 9.17) is 0 Å². The lowest BCUT2D eigenvalue weighted by Crippen LogP contribution is -2.54. The monoisotopic (exact) mass is 269 g/mol. The molecule has 20 heavy (non-hydrogen) atoms. The zero-order valence-corrected chi connectivity index (χ0v) is 12.2. The smallest absolute Gasteiger partial charge is 0.209 e. The lowest BCUT2D eigenvalue weighted by atomic mass is 9.59. The highest BCUT2D eigenvalue weighted by molar-refractivity contribution is 5.50. The zero-order chi connectivity index (χ0) is 13.7. The van der Waals surface area contributed by atoms with Crippen molar-refractivity contribution in [2.75, 3.05) is 6.54 Å². The summed E-state index contributed by atoms with van der Waals surface area (Å²) in [6.07, 6.45) is 7.47. The van der Waals surface area contributed by atoms with Crippen molar-refractivity contribution in [2.45, 2.75) is 51.0 Å². The van der Waals surface area contributed by atoms with E-state index in [9.17, 15) is 4.79 Å². The van der Waals surface area contributed by atoms with Gasteiger partial charge in [-0.05, 0) is 61.5 Å². The van der Waals surface area contributed by atoms with Crippen molar-refractivity contribution in [3.8, 4) is 0 Å². The molecule has 4 atom stereocenters. The molecule has 1 amide bonds. The van der Waals surface area contributed by atoms with Gasteiger partial charge in [-0.3, -0.25) is 4.79 Å². The SMILES string of the molecule is Cc1ccc2c(c1)C1CCCC3CCN(C=O)C(C2)C31. The minimum atomic E-state index is 0.465. The van der Waals surface area contributed by atoms with Crippen LogP contribution in [-0.4, -0.2) is 23.9 Å². The largest absolute Gasteiger partial charge is 0.342 e. The fraction of sp³-hybridized carbons (Fsp3) is 0.611. The number of benzene rings is 1. The third kappa shape index (κ3) is 1.73. The maximum atomic E-state index is 11.4. The first-order valence-electron chi connectivity index (χ1n) is 8.08. The van der Waals surface area contributed by atoms with Crippen LogP contribution < -0.4 is 0 Å². The van der Waals surface area contributed by atoms with Crippen molar-refractivity contribution < 1.29 is 4.79 Å². The molecule has 1 aliphatic heterocycles. The van der Waals surface area contributed by atoms with E-state index in [2.05, 4.69) is 30.0 Å². The second kappa shape index (κ2) is 4.61. The molecule has 1 aromatic carbocycles. The number of fused-ring (bicyclic) bond motifs is 2. The molecule has 2 nitrogen and oxygen atoms in total. The Hall–Kier alpha value is -1.31. The molecule has 1 heterocycles. The van der Waals surface area contributed by atoms with Gasteiger partial charge in [0.2, 0.25) is 6.41 Å². The van der Waals surface area contributed by atoms with Gasteiger partial charge in [0.05, 0.1) is 0 Å². The lowest BCUT2D eigenvalue weighted by Gasteiger charge is -2.53. The average Bonchev–Trinajstić information content (AvgIpc) is 2.48. The molecule has 1 aromatic rings. The summed E-state index contributed by atoms with van der Waals surface area (Å²) in [6, 6.07) is 7.42. The Kier molecular flexibility index (Phi) is 2.87. The van der Waals surface area contributed by atoms with Crippen LogP contribution in [0.15, 0.2) is 18.2 Å². The minimum Gasteiger partial charge on any atom is -0.342 e. The molecule has 0 N–H and O–H groups in total. The Morgan fingerprint density at radius 2 is 2.15 bits per heavy atom. The van der Waals surface area contributed by atoms with E-state index in [0.717, 1.165) is 31.2 Å². The van der Waals surface area contributed by atoms with Crippen LogP contribution in [0.4, 0.5) is 0 Å². The van der Waals surface area contributed by atoms with Gasteiger partial charge >= 0.3 is 0 Å². The number of carbonyl (C=O) groups excluding carboxylic acids is 1. The Morgan fingerprint density at radius 3 is 3.00 bits per heavy atom. The standard InChI is InChI=1S/C18H23NO/c1-12-5-6-14-10-17-18-13(7-8-19(17)11-20)3-2-4-15(18)16(14)9-12/h5-6,9,11,13,15,17-18H,2-4,7-8,10H2,1H3. The predicted octanol–water partition coefficient (Wildman–Crippen LogP) is 3.28. The number of hydrogen-bond acceptors (Lipinski definition) is 1. The van der Waals surface area contributed by atoms with Gasteiger partial charge < -0.3 is 4.90 Å². The second-order valence-corrected chi connectivity index (χ2v) is 6.98. The summed E-state index contributed by atoms with van der Waals surface area (Å²) >= 11 is 0. The van der Waals surface area contributed by atoms with Gasteiger partial charge in [0, 0.05) is 12.6 Å². The summed E-state index contributed by atoms with van der Waals surface area (Å²) in [5, 5.41) is 0. The number of likely N-dealkylation sites (tertiary alicyclic amines) is 1. The molecular weight excluding hydrogens is 246 g/mol. The Bertz CT molecular complexity index is 538. The van der Waals surface area contributed by atoms with Gasteiger partial charge in [0.25, 0.3) is 0 Å². The van der Waals surface area contributed by atoms with Gasteiger partial charge in [0.15, 0.2) is 0 Å². The number of nitrogens with zero attached hydrogens (tertiary/aromatic N) is 1. The molecule has 2 heteroatoms. The molecule has 4 rings (SSSR count). The van der Waals surface area contributed by atoms with Gasteiger partial charge in [-0.1, -0.05) is 30.2 Å². The molecule has 4 unspecified atom stereocenters. The maximum absolute atomic E-state index is 11.4. The molecule has 0 radical (unpaired) electrons. The van der Waals surface area contributed by atoms with E-state index in [1.54, 1.807) is 5.56 Å². The Labute approximate surface area is 121 Å². The van der Waals surface area contributed by atoms with Crippen LogP contribution >= 0.6 is 0 Å². The third-order valence-electron chi connectivity index (χ3n) is 5.99. The van der Waals surface area contributed by atoms with Gasteiger partial charge in [-0.25, -0.2) is 0 Å². The van der Waals surface area contributed by atoms with E-state index in [1.807, 2.05) is 0 Å². The topological polar surface area (TPSA) is 20.3 Å². The molecule has 1 saturated heterocycles. The van der Waals surface area contributed by atoms with Crippen LogP contribution in [0.2, 0.25) is 0 Å². The van der Waals surface area contributed by atoms with Crippen LogP contribution in [0.5, 0.6) is 0 Å². The number of rotatable bonds is 1. The molecule has 2 fully saturated rings. The fourth-order valence-corrected chi connectivity index (χ4v) is 5.15. The minimum absolute atomic E-state index is 0.465. The van der Waals surface area contributed by atoms with Crippen molar-refractivity contribution in [1.29, 1.82) is 0 Å². The van der Waals surface area contributed by atoms with Crippen LogP contribution in [0.25, 0.3) is 0 Å². The first kappa shape index (κ1) is 12.4. The molecular formula is C18H23NO. The highest BCUT2D eigenvalue weighted by Crippen LogP contribution is 2.51. The van der Waals surface area contributed by atoms with Crippen LogP contribution in [0.1, 0.15) is 48.3 Å². The first-order valence-corrected chi connectivity index (χ1v) is 8.08. The van der Waals surface area contributed by atoms with E-state index in [1.165, 1.54) is 36.8 Å². The predicted molar refractivity (Wildman–Crippen MR) is 79.6 cm³/mol. The van der Waals surface area contributed by atoms with Crippen molar-refractivity contribution in [3.05, 3.63) is 34.9 Å². The van der Waals surface area contributed by atoms with E-state index >= 15 is 0 Å². The molecule has 3 aliphatic rings. The van der Waals surface area contributed by atoms with Crippen molar-refractivity contribution >= 4 is 6.41 Å². The van der Waals surface area contributed by atoms with Gasteiger partial charge in [-0.2, -0.15) is 0 Å². The molecule has 0 bridgehead atoms. The number of piperidine rings is 1. The van der Waals surface area contributed by atoms with Crippen molar-refractivity contribution in [2.24, 2.45) is 11.8 Å². The average molecular weight is 269 g/mol. The molecule has 1 saturated carbocycles. The second-order valence-electron chi connectivity index (χ2n) is 6.98. The quantitative estimate of drug-likeness (QED) is 0.716. The fourth-order valence-electron chi connectivity index (χ4n) is 5.15. The zero-order valence-electron chi connectivity index (χ0n) is 12.2. The van der Waals surface area contributed by atoms with E-state index in [0.29, 0.717) is 12.0 Å². The van der Waals surface area contributed by atoms with E-state index in [-0.39, 0.29) is 0 Å². The number of carbonyl (C=O) groups is 1. The van der Waals surface area contributed by atoms with Crippen LogP contribution in [0, 0.1) is 18.8 Å². The summed E-state index contributed by atoms with van der Waals surface area (Å²) in [6.45, 7) is 3.18. The van der Waals surface area contributed by atoms with Gasteiger partial charge in [-0.15, -0.1) is 0 Å². The summed E-state index contributed by atoms with van der Waals surface area (Å²) in [5.74, 6) is 2.27. The Morgan fingerprint density at radius 1 is 1.25 bits per heavy atom.